The van der Waals surface area contributed by atoms with Gasteiger partial charge < -0.3 is 25.0 Å². The predicted molar refractivity (Wildman–Crippen MR) is 86.0 cm³/mol. The van der Waals surface area contributed by atoms with E-state index in [-0.39, 0.29) is 12.5 Å². The molecular formula is C16H21N3O5. The Hall–Kier alpha value is -2.77. The summed E-state index contributed by atoms with van der Waals surface area (Å²) in [5, 5.41) is 11.3. The summed E-state index contributed by atoms with van der Waals surface area (Å²) in [5.74, 6) is -0.529. The Kier molecular flexibility index (Phi) is 6.00. The molecule has 1 aliphatic heterocycles. The Morgan fingerprint density at radius 3 is 2.38 bits per heavy atom. The molecule has 130 valence electrons. The van der Waals surface area contributed by atoms with Crippen LogP contribution in [0.25, 0.3) is 0 Å². The molecule has 3 amide bonds. The number of aryl methyl sites for hydroxylation is 1. The minimum Gasteiger partial charge on any atom is -0.481 e. The quantitative estimate of drug-likeness (QED) is 0.860. The van der Waals surface area contributed by atoms with E-state index in [1.165, 1.54) is 4.90 Å². The smallest absolute Gasteiger partial charge is 0.415 e. The van der Waals surface area contributed by atoms with Crippen molar-refractivity contribution in [2.75, 3.05) is 33.2 Å². The lowest BCUT2D eigenvalue weighted by Gasteiger charge is -2.33. The van der Waals surface area contributed by atoms with Crippen LogP contribution >= 0.6 is 0 Å². The Morgan fingerprint density at radius 1 is 1.12 bits per heavy atom. The highest BCUT2D eigenvalue weighted by Crippen LogP contribution is 2.20. The Balaban J connectivity index is 1.93. The fourth-order valence-corrected chi connectivity index (χ4v) is 2.46. The Morgan fingerprint density at radius 2 is 1.75 bits per heavy atom. The summed E-state index contributed by atoms with van der Waals surface area (Å²) in [5.41, 5.74) is 0.678. The molecule has 0 atom stereocenters. The maximum atomic E-state index is 12.3. The van der Waals surface area contributed by atoms with Crippen molar-refractivity contribution in [3.8, 4) is 5.75 Å². The number of nitrogens with one attached hydrogen (secondary N) is 1. The van der Waals surface area contributed by atoms with Gasteiger partial charge in [0.25, 0.3) is 0 Å². The van der Waals surface area contributed by atoms with Crippen molar-refractivity contribution in [3.05, 3.63) is 29.8 Å². The number of aliphatic carboxylic acids is 1. The van der Waals surface area contributed by atoms with Crippen molar-refractivity contribution < 1.29 is 24.2 Å². The van der Waals surface area contributed by atoms with E-state index in [1.54, 1.807) is 36.2 Å². The second kappa shape index (κ2) is 8.19. The number of benzene rings is 1. The number of carboxylic acid groups (broad SMARTS) is 1. The number of ether oxygens (including phenoxy) is 1. The minimum atomic E-state index is -0.901. The topological polar surface area (TPSA) is 99.2 Å². The molecule has 1 aromatic carbocycles. The van der Waals surface area contributed by atoms with Gasteiger partial charge in [0.2, 0.25) is 0 Å². The van der Waals surface area contributed by atoms with Crippen molar-refractivity contribution in [2.24, 2.45) is 0 Å². The highest BCUT2D eigenvalue weighted by molar-refractivity contribution is 5.75. The molecule has 2 N–H and O–H groups in total. The number of carboxylic acids is 1. The van der Waals surface area contributed by atoms with Crippen LogP contribution in [0.1, 0.15) is 12.0 Å². The van der Waals surface area contributed by atoms with E-state index in [0.29, 0.717) is 43.9 Å². The summed E-state index contributed by atoms with van der Waals surface area (Å²) in [6, 6.07) is 6.74. The Labute approximate surface area is 140 Å². The fraction of sp³-hybridized carbons (Fsp3) is 0.438. The Bertz CT molecular complexity index is 611. The zero-order chi connectivity index (χ0) is 17.5. The highest BCUT2D eigenvalue weighted by Gasteiger charge is 2.25. The molecule has 0 aromatic heterocycles. The van der Waals surface area contributed by atoms with Crippen molar-refractivity contribution >= 4 is 18.1 Å². The molecule has 0 radical (unpaired) electrons. The van der Waals surface area contributed by atoms with E-state index >= 15 is 0 Å². The largest absolute Gasteiger partial charge is 0.481 e. The number of hydrogen-bond acceptors (Lipinski definition) is 4. The number of hydrogen-bond donors (Lipinski definition) is 2. The lowest BCUT2D eigenvalue weighted by atomic mass is 10.1. The minimum absolute atomic E-state index is 0.0284. The highest BCUT2D eigenvalue weighted by atomic mass is 16.6. The number of amides is 3. The normalized spacial score (nSPS) is 14.2. The van der Waals surface area contributed by atoms with Crippen LogP contribution in [0.15, 0.2) is 24.3 Å². The van der Waals surface area contributed by atoms with Gasteiger partial charge in [-0.05, 0) is 18.1 Å². The van der Waals surface area contributed by atoms with E-state index in [2.05, 4.69) is 5.32 Å². The van der Waals surface area contributed by atoms with Crippen molar-refractivity contribution in [1.29, 1.82) is 0 Å². The summed E-state index contributed by atoms with van der Waals surface area (Å²) in [6.07, 6.45) is -0.225. The molecule has 0 bridgehead atoms. The number of carbonyl (C=O) groups excluding carboxylic acids is 2. The maximum absolute atomic E-state index is 12.3. The predicted octanol–water partition coefficient (Wildman–Crippen LogP) is 1.16. The lowest BCUT2D eigenvalue weighted by molar-refractivity contribution is -0.136. The van der Waals surface area contributed by atoms with Crippen LogP contribution in [-0.4, -0.2) is 66.2 Å². The molecule has 1 aromatic rings. The summed E-state index contributed by atoms with van der Waals surface area (Å²) in [7, 11) is 1.57. The first kappa shape index (κ1) is 17.6. The molecule has 1 fully saturated rings. The zero-order valence-corrected chi connectivity index (χ0v) is 13.5. The third kappa shape index (κ3) is 4.61. The van der Waals surface area contributed by atoms with Gasteiger partial charge in [-0.1, -0.05) is 18.2 Å². The van der Waals surface area contributed by atoms with Gasteiger partial charge in [-0.3, -0.25) is 4.79 Å². The number of carbonyl (C=O) groups is 3. The average molecular weight is 335 g/mol. The first-order valence-electron chi connectivity index (χ1n) is 7.74. The van der Waals surface area contributed by atoms with Crippen molar-refractivity contribution in [3.63, 3.8) is 0 Å². The number of rotatable bonds is 4. The van der Waals surface area contributed by atoms with Crippen LogP contribution in [-0.2, 0) is 11.2 Å². The van der Waals surface area contributed by atoms with Gasteiger partial charge in [-0.15, -0.1) is 0 Å². The standard InChI is InChI=1S/C16H21N3O5/c1-17-15(22)18-8-10-19(11-9-18)16(23)24-13-5-3-2-4-12(13)6-7-14(20)21/h2-5H,6-11H2,1H3,(H,17,22)(H,20,21). The molecule has 1 aliphatic rings. The number of urea groups is 1. The molecule has 0 saturated carbocycles. The van der Waals surface area contributed by atoms with Gasteiger partial charge in [-0.25, -0.2) is 9.59 Å². The van der Waals surface area contributed by atoms with E-state index in [4.69, 9.17) is 9.84 Å². The van der Waals surface area contributed by atoms with Gasteiger partial charge in [0, 0.05) is 39.6 Å². The molecule has 2 rings (SSSR count). The fourth-order valence-electron chi connectivity index (χ4n) is 2.46. The van der Waals surface area contributed by atoms with Gasteiger partial charge in [-0.2, -0.15) is 0 Å². The molecule has 1 saturated heterocycles. The zero-order valence-electron chi connectivity index (χ0n) is 13.5. The van der Waals surface area contributed by atoms with E-state index < -0.39 is 12.1 Å². The molecule has 0 aliphatic carbocycles. The molecule has 0 unspecified atom stereocenters. The number of piperazine rings is 1. The van der Waals surface area contributed by atoms with E-state index in [1.807, 2.05) is 0 Å². The SMILES string of the molecule is CNC(=O)N1CCN(C(=O)Oc2ccccc2CCC(=O)O)CC1. The van der Waals surface area contributed by atoms with Crippen LogP contribution in [0.2, 0.25) is 0 Å². The first-order chi connectivity index (χ1) is 11.5. The van der Waals surface area contributed by atoms with Crippen LogP contribution in [0.5, 0.6) is 5.75 Å². The average Bonchev–Trinajstić information content (AvgIpc) is 2.60. The van der Waals surface area contributed by atoms with E-state index in [0.717, 1.165) is 0 Å². The molecule has 8 heteroatoms. The first-order valence-corrected chi connectivity index (χ1v) is 7.74. The van der Waals surface area contributed by atoms with Crippen molar-refractivity contribution in [2.45, 2.75) is 12.8 Å². The molecule has 1 heterocycles. The second-order valence-corrected chi connectivity index (χ2v) is 5.40. The third-order valence-electron chi connectivity index (χ3n) is 3.82. The van der Waals surface area contributed by atoms with Crippen LogP contribution in [0, 0.1) is 0 Å². The van der Waals surface area contributed by atoms with E-state index in [9.17, 15) is 14.4 Å². The third-order valence-corrected chi connectivity index (χ3v) is 3.82. The molecular weight excluding hydrogens is 314 g/mol. The maximum Gasteiger partial charge on any atom is 0.415 e. The molecule has 8 nitrogen and oxygen atoms in total. The summed E-state index contributed by atoms with van der Waals surface area (Å²) in [4.78, 5) is 37.7. The van der Waals surface area contributed by atoms with Gasteiger partial charge in [0.1, 0.15) is 5.75 Å². The molecule has 24 heavy (non-hydrogen) atoms. The lowest BCUT2D eigenvalue weighted by Crippen LogP contribution is -2.53. The monoisotopic (exact) mass is 335 g/mol. The van der Waals surface area contributed by atoms with Crippen LogP contribution < -0.4 is 10.1 Å². The number of nitrogens with zero attached hydrogens (tertiary/aromatic N) is 2. The van der Waals surface area contributed by atoms with Gasteiger partial charge in [0.05, 0.1) is 0 Å². The van der Waals surface area contributed by atoms with Crippen molar-refractivity contribution in [1.82, 2.24) is 15.1 Å². The van der Waals surface area contributed by atoms with Gasteiger partial charge in [0.15, 0.2) is 0 Å². The van der Waals surface area contributed by atoms with Crippen LogP contribution in [0.4, 0.5) is 9.59 Å². The molecule has 0 spiro atoms. The summed E-state index contributed by atoms with van der Waals surface area (Å²) < 4.78 is 5.41. The number of para-hydroxylation sites is 1. The second-order valence-electron chi connectivity index (χ2n) is 5.40. The van der Waals surface area contributed by atoms with Gasteiger partial charge >= 0.3 is 18.1 Å². The van der Waals surface area contributed by atoms with Crippen LogP contribution in [0.3, 0.4) is 0 Å². The summed E-state index contributed by atoms with van der Waals surface area (Å²) in [6.45, 7) is 1.66. The summed E-state index contributed by atoms with van der Waals surface area (Å²) >= 11 is 0.